The molecule has 0 spiro atoms. The van der Waals surface area contributed by atoms with Gasteiger partial charge in [0.05, 0.1) is 12.1 Å². The standard InChI is InChI=1S/C19H30N4O2.C2H2O4/c1-5-22(6-2)12-11-21-19(24)23(16(3)4)13-14-25-18-10-8-7-9-17(18)15-20;3-1(4)2(5)6/h7-10,16H,5-6,11-14H2,1-4H3,(H,21,24);(H,3,4)(H,5,6). The molecule has 0 unspecified atom stereocenters. The van der Waals surface area contributed by atoms with Gasteiger partial charge in [-0.3, -0.25) is 0 Å². The number of amides is 2. The first-order chi connectivity index (χ1) is 14.7. The number of para-hydroxylation sites is 1. The second-order valence-corrected chi connectivity index (χ2v) is 6.61. The highest BCUT2D eigenvalue weighted by Gasteiger charge is 2.17. The molecule has 1 rings (SSSR count). The molecule has 1 aromatic rings. The highest BCUT2D eigenvalue weighted by atomic mass is 16.5. The first-order valence-electron chi connectivity index (χ1n) is 10.0. The van der Waals surface area contributed by atoms with Gasteiger partial charge in [-0.1, -0.05) is 26.0 Å². The Bertz CT molecular complexity index is 732. The number of aliphatic carboxylic acids is 2. The zero-order valence-electron chi connectivity index (χ0n) is 18.5. The molecule has 10 heteroatoms. The summed E-state index contributed by atoms with van der Waals surface area (Å²) in [6.07, 6.45) is 0. The fourth-order valence-corrected chi connectivity index (χ4v) is 2.50. The van der Waals surface area contributed by atoms with E-state index in [-0.39, 0.29) is 12.1 Å². The fourth-order valence-electron chi connectivity index (χ4n) is 2.50. The van der Waals surface area contributed by atoms with Gasteiger partial charge in [0.2, 0.25) is 0 Å². The van der Waals surface area contributed by atoms with Crippen molar-refractivity contribution >= 4 is 18.0 Å². The van der Waals surface area contributed by atoms with Crippen molar-refractivity contribution in [3.63, 3.8) is 0 Å². The van der Waals surface area contributed by atoms with E-state index in [4.69, 9.17) is 29.8 Å². The minimum Gasteiger partial charge on any atom is -0.490 e. The van der Waals surface area contributed by atoms with Crippen LogP contribution in [0.4, 0.5) is 4.79 Å². The van der Waals surface area contributed by atoms with Gasteiger partial charge in [0.15, 0.2) is 0 Å². The molecule has 0 aromatic heterocycles. The van der Waals surface area contributed by atoms with Crippen molar-refractivity contribution in [2.24, 2.45) is 0 Å². The monoisotopic (exact) mass is 436 g/mol. The van der Waals surface area contributed by atoms with Crippen molar-refractivity contribution in [2.75, 3.05) is 39.3 Å². The maximum Gasteiger partial charge on any atom is 0.414 e. The van der Waals surface area contributed by atoms with Crippen molar-refractivity contribution in [2.45, 2.75) is 33.7 Å². The lowest BCUT2D eigenvalue weighted by Crippen LogP contribution is -2.47. The first kappa shape index (κ1) is 27.7. The van der Waals surface area contributed by atoms with E-state index in [0.29, 0.717) is 31.0 Å². The third kappa shape index (κ3) is 11.4. The van der Waals surface area contributed by atoms with Gasteiger partial charge in [0, 0.05) is 19.1 Å². The van der Waals surface area contributed by atoms with Crippen LogP contribution in [0.5, 0.6) is 5.75 Å². The number of ether oxygens (including phenoxy) is 1. The number of nitrogens with one attached hydrogen (secondary N) is 1. The van der Waals surface area contributed by atoms with E-state index in [1.165, 1.54) is 0 Å². The van der Waals surface area contributed by atoms with E-state index < -0.39 is 11.9 Å². The minimum atomic E-state index is -1.82. The molecule has 10 nitrogen and oxygen atoms in total. The number of carbonyl (C=O) groups is 3. The van der Waals surface area contributed by atoms with Gasteiger partial charge in [-0.25, -0.2) is 14.4 Å². The molecule has 31 heavy (non-hydrogen) atoms. The zero-order valence-corrected chi connectivity index (χ0v) is 18.5. The van der Waals surface area contributed by atoms with Crippen LogP contribution in [0.25, 0.3) is 0 Å². The number of nitriles is 1. The van der Waals surface area contributed by atoms with Crippen molar-refractivity contribution in [3.8, 4) is 11.8 Å². The topological polar surface area (TPSA) is 143 Å². The largest absolute Gasteiger partial charge is 0.490 e. The Hall–Kier alpha value is -3.32. The molecule has 0 saturated carbocycles. The third-order valence-corrected chi connectivity index (χ3v) is 4.26. The normalized spacial score (nSPS) is 9.97. The van der Waals surface area contributed by atoms with E-state index in [9.17, 15) is 4.79 Å². The predicted molar refractivity (Wildman–Crippen MR) is 115 cm³/mol. The highest BCUT2D eigenvalue weighted by molar-refractivity contribution is 6.27. The number of likely N-dealkylation sites (N-methyl/N-ethyl adjacent to an activating group) is 1. The molecule has 172 valence electrons. The Labute approximate surface area is 183 Å². The summed E-state index contributed by atoms with van der Waals surface area (Å²) in [6, 6.07) is 9.21. The summed E-state index contributed by atoms with van der Waals surface area (Å²) in [7, 11) is 0. The van der Waals surface area contributed by atoms with Gasteiger partial charge in [0.1, 0.15) is 18.4 Å². The second kappa shape index (κ2) is 15.5. The van der Waals surface area contributed by atoms with Crippen LogP contribution in [0.3, 0.4) is 0 Å². The van der Waals surface area contributed by atoms with Gasteiger partial charge >= 0.3 is 18.0 Å². The number of carboxylic acid groups (broad SMARTS) is 2. The molecule has 0 saturated heterocycles. The number of carbonyl (C=O) groups excluding carboxylic acids is 1. The van der Waals surface area contributed by atoms with Crippen LogP contribution in [-0.2, 0) is 9.59 Å². The van der Waals surface area contributed by atoms with Crippen LogP contribution in [0.2, 0.25) is 0 Å². The van der Waals surface area contributed by atoms with E-state index in [1.54, 1.807) is 23.1 Å². The summed E-state index contributed by atoms with van der Waals surface area (Å²) in [5, 5.41) is 26.8. The molecule has 2 amide bonds. The summed E-state index contributed by atoms with van der Waals surface area (Å²) in [5.41, 5.74) is 0.502. The van der Waals surface area contributed by atoms with Crippen LogP contribution in [0.1, 0.15) is 33.3 Å². The maximum absolute atomic E-state index is 12.4. The Morgan fingerprint density at radius 2 is 1.68 bits per heavy atom. The number of nitrogens with zero attached hydrogens (tertiary/aromatic N) is 3. The highest BCUT2D eigenvalue weighted by Crippen LogP contribution is 2.16. The Balaban J connectivity index is 0.00000131. The molecule has 0 fully saturated rings. The number of benzene rings is 1. The molecule has 0 aliphatic heterocycles. The van der Waals surface area contributed by atoms with Gasteiger partial charge < -0.3 is 30.1 Å². The van der Waals surface area contributed by atoms with Crippen molar-refractivity contribution < 1.29 is 29.3 Å². The third-order valence-electron chi connectivity index (χ3n) is 4.26. The minimum absolute atomic E-state index is 0.0725. The van der Waals surface area contributed by atoms with E-state index in [1.807, 2.05) is 19.9 Å². The van der Waals surface area contributed by atoms with Crippen LogP contribution in [0, 0.1) is 11.3 Å². The van der Waals surface area contributed by atoms with Crippen LogP contribution in [0.15, 0.2) is 24.3 Å². The lowest BCUT2D eigenvalue weighted by molar-refractivity contribution is -0.159. The van der Waals surface area contributed by atoms with E-state index >= 15 is 0 Å². The summed E-state index contributed by atoms with van der Waals surface area (Å²) in [4.78, 5) is 34.6. The zero-order chi connectivity index (χ0) is 23.8. The number of hydrogen-bond donors (Lipinski definition) is 3. The number of carboxylic acids is 2. The number of urea groups is 1. The molecule has 0 heterocycles. The molecule has 0 bridgehead atoms. The van der Waals surface area contributed by atoms with Crippen LogP contribution >= 0.6 is 0 Å². The first-order valence-corrected chi connectivity index (χ1v) is 10.0. The molecular weight excluding hydrogens is 404 g/mol. The molecule has 0 atom stereocenters. The maximum atomic E-state index is 12.4. The lowest BCUT2D eigenvalue weighted by atomic mass is 10.2. The molecule has 0 aliphatic rings. The Morgan fingerprint density at radius 1 is 1.10 bits per heavy atom. The summed E-state index contributed by atoms with van der Waals surface area (Å²) < 4.78 is 5.68. The van der Waals surface area contributed by atoms with Crippen LogP contribution in [-0.4, -0.2) is 83.4 Å². The summed E-state index contributed by atoms with van der Waals surface area (Å²) in [5.74, 6) is -3.10. The SMILES string of the molecule is CCN(CC)CCNC(=O)N(CCOc1ccccc1C#N)C(C)C.O=C(O)C(=O)O. The number of hydrogen-bond acceptors (Lipinski definition) is 6. The van der Waals surface area contributed by atoms with Crippen LogP contribution < -0.4 is 10.1 Å². The summed E-state index contributed by atoms with van der Waals surface area (Å²) >= 11 is 0. The van der Waals surface area contributed by atoms with Crippen molar-refractivity contribution in [3.05, 3.63) is 29.8 Å². The van der Waals surface area contributed by atoms with Crippen molar-refractivity contribution in [1.82, 2.24) is 15.1 Å². The van der Waals surface area contributed by atoms with Gasteiger partial charge in [-0.2, -0.15) is 5.26 Å². The quantitative estimate of drug-likeness (QED) is 0.472. The molecule has 0 radical (unpaired) electrons. The molecular formula is C21H32N4O6. The number of rotatable bonds is 10. The van der Waals surface area contributed by atoms with Gasteiger partial charge in [-0.15, -0.1) is 0 Å². The van der Waals surface area contributed by atoms with E-state index in [2.05, 4.69) is 30.1 Å². The smallest absolute Gasteiger partial charge is 0.414 e. The second-order valence-electron chi connectivity index (χ2n) is 6.61. The fraction of sp³-hybridized carbons (Fsp3) is 0.524. The Kier molecular flexibility index (Phi) is 13.8. The molecule has 3 N–H and O–H groups in total. The summed E-state index contributed by atoms with van der Waals surface area (Å²) in [6.45, 7) is 12.4. The molecule has 0 aliphatic carbocycles. The average Bonchev–Trinajstić information content (AvgIpc) is 2.74. The Morgan fingerprint density at radius 3 is 2.16 bits per heavy atom. The van der Waals surface area contributed by atoms with E-state index in [0.717, 1.165) is 19.6 Å². The predicted octanol–water partition coefficient (Wildman–Crippen LogP) is 1.85. The average molecular weight is 437 g/mol. The lowest BCUT2D eigenvalue weighted by Gasteiger charge is -2.27. The van der Waals surface area contributed by atoms with Crippen molar-refractivity contribution in [1.29, 1.82) is 5.26 Å². The van der Waals surface area contributed by atoms with Gasteiger partial charge in [0.25, 0.3) is 0 Å². The van der Waals surface area contributed by atoms with Gasteiger partial charge in [-0.05, 0) is 39.1 Å². The molecule has 1 aromatic carbocycles.